The number of fused-ring (bicyclic) bond motifs is 5. The Morgan fingerprint density at radius 2 is 1.86 bits per heavy atom. The molecule has 0 bridgehead atoms. The Morgan fingerprint density at radius 3 is 2.76 bits per heavy atom. The molecule has 0 saturated carbocycles. The van der Waals surface area contributed by atoms with Crippen LogP contribution in [-0.4, -0.2) is 19.3 Å². The van der Waals surface area contributed by atoms with Gasteiger partial charge in [-0.25, -0.2) is 0 Å². The predicted octanol–water partition coefficient (Wildman–Crippen LogP) is 4.33. The summed E-state index contributed by atoms with van der Waals surface area (Å²) >= 11 is 0. The lowest BCUT2D eigenvalue weighted by atomic mass is 9.96. The second-order valence-corrected chi connectivity index (χ2v) is 5.53. The minimum atomic E-state index is 0.181. The van der Waals surface area contributed by atoms with Crippen molar-refractivity contribution in [1.29, 1.82) is 0 Å². The molecule has 3 aromatic rings. The van der Waals surface area contributed by atoms with Gasteiger partial charge < -0.3 is 9.47 Å². The highest BCUT2D eigenvalue weighted by Gasteiger charge is 2.22. The molecule has 1 aliphatic heterocycles. The standard InChI is InChI=1S/C19H18O2/c1-2-20-15-11-14-8-9-17-16-6-4-3-5-13(16)7-10-18(17)19(14)21-12-15/h3-10,15H,2,11-12H2,1H3. The van der Waals surface area contributed by atoms with E-state index >= 15 is 0 Å². The van der Waals surface area contributed by atoms with Crippen LogP contribution in [0.4, 0.5) is 0 Å². The molecule has 0 amide bonds. The molecule has 21 heavy (non-hydrogen) atoms. The molecule has 1 heterocycles. The third-order valence-corrected chi connectivity index (χ3v) is 4.22. The fraction of sp³-hybridized carbons (Fsp3) is 0.263. The van der Waals surface area contributed by atoms with E-state index < -0.39 is 0 Å². The first kappa shape index (κ1) is 12.7. The number of rotatable bonds is 2. The van der Waals surface area contributed by atoms with Gasteiger partial charge in [0.1, 0.15) is 12.4 Å². The minimum Gasteiger partial charge on any atom is -0.490 e. The molecule has 106 valence electrons. The monoisotopic (exact) mass is 278 g/mol. The number of hydrogen-bond acceptors (Lipinski definition) is 2. The summed E-state index contributed by atoms with van der Waals surface area (Å²) in [4.78, 5) is 0. The molecule has 0 saturated heterocycles. The second kappa shape index (κ2) is 5.05. The van der Waals surface area contributed by atoms with E-state index in [4.69, 9.17) is 9.47 Å². The normalized spacial score (nSPS) is 17.7. The first-order valence-corrected chi connectivity index (χ1v) is 7.54. The summed E-state index contributed by atoms with van der Waals surface area (Å²) < 4.78 is 11.7. The first-order valence-electron chi connectivity index (χ1n) is 7.54. The van der Waals surface area contributed by atoms with Gasteiger partial charge in [0.05, 0.1) is 6.10 Å². The SMILES string of the molecule is CCOC1COc2c(ccc3c2ccc2ccccc23)C1. The molecular weight excluding hydrogens is 260 g/mol. The fourth-order valence-corrected chi connectivity index (χ4v) is 3.26. The van der Waals surface area contributed by atoms with Crippen molar-refractivity contribution >= 4 is 21.5 Å². The van der Waals surface area contributed by atoms with Gasteiger partial charge >= 0.3 is 0 Å². The fourth-order valence-electron chi connectivity index (χ4n) is 3.26. The highest BCUT2D eigenvalue weighted by Crippen LogP contribution is 2.37. The molecule has 0 radical (unpaired) electrons. The largest absolute Gasteiger partial charge is 0.490 e. The van der Waals surface area contributed by atoms with E-state index in [-0.39, 0.29) is 6.10 Å². The lowest BCUT2D eigenvalue weighted by Gasteiger charge is -2.26. The molecule has 4 rings (SSSR count). The summed E-state index contributed by atoms with van der Waals surface area (Å²) in [7, 11) is 0. The van der Waals surface area contributed by atoms with E-state index in [0.29, 0.717) is 6.61 Å². The van der Waals surface area contributed by atoms with E-state index in [1.807, 2.05) is 6.92 Å². The summed E-state index contributed by atoms with van der Waals surface area (Å²) in [5.41, 5.74) is 1.25. The Labute approximate surface area is 124 Å². The third-order valence-electron chi connectivity index (χ3n) is 4.22. The van der Waals surface area contributed by atoms with Gasteiger partial charge in [0.2, 0.25) is 0 Å². The maximum absolute atomic E-state index is 6.03. The second-order valence-electron chi connectivity index (χ2n) is 5.53. The lowest BCUT2D eigenvalue weighted by Crippen LogP contribution is -2.28. The van der Waals surface area contributed by atoms with Gasteiger partial charge in [0.15, 0.2) is 0 Å². The molecule has 0 spiro atoms. The Kier molecular flexibility index (Phi) is 3.04. The van der Waals surface area contributed by atoms with Gasteiger partial charge in [-0.05, 0) is 28.6 Å². The quantitative estimate of drug-likeness (QED) is 0.649. The highest BCUT2D eigenvalue weighted by atomic mass is 16.5. The van der Waals surface area contributed by atoms with Crippen LogP contribution in [0.5, 0.6) is 5.75 Å². The van der Waals surface area contributed by atoms with Crippen LogP contribution in [0.2, 0.25) is 0 Å². The van der Waals surface area contributed by atoms with Gasteiger partial charge in [-0.1, -0.05) is 48.5 Å². The first-order chi connectivity index (χ1) is 10.4. The van der Waals surface area contributed by atoms with Crippen LogP contribution in [0.1, 0.15) is 12.5 Å². The summed E-state index contributed by atoms with van der Waals surface area (Å²) in [5, 5.41) is 5.03. The maximum atomic E-state index is 6.03. The Hall–Kier alpha value is -2.06. The third kappa shape index (κ3) is 2.07. The lowest BCUT2D eigenvalue weighted by molar-refractivity contribution is 0.0190. The van der Waals surface area contributed by atoms with Gasteiger partial charge in [-0.15, -0.1) is 0 Å². The molecule has 2 nitrogen and oxygen atoms in total. The van der Waals surface area contributed by atoms with E-state index in [2.05, 4.69) is 48.5 Å². The van der Waals surface area contributed by atoms with Gasteiger partial charge in [-0.2, -0.15) is 0 Å². The Balaban J connectivity index is 1.89. The molecule has 1 atom stereocenters. The molecule has 1 aliphatic rings. The van der Waals surface area contributed by atoms with Crippen LogP contribution < -0.4 is 4.74 Å². The number of benzene rings is 3. The predicted molar refractivity (Wildman–Crippen MR) is 86.1 cm³/mol. The van der Waals surface area contributed by atoms with Crippen LogP contribution in [0, 0.1) is 0 Å². The number of hydrogen-bond donors (Lipinski definition) is 0. The summed E-state index contributed by atoms with van der Waals surface area (Å²) in [6.07, 6.45) is 1.12. The highest BCUT2D eigenvalue weighted by molar-refractivity contribution is 6.09. The van der Waals surface area contributed by atoms with Crippen LogP contribution in [-0.2, 0) is 11.2 Å². The van der Waals surface area contributed by atoms with Crippen molar-refractivity contribution in [3.63, 3.8) is 0 Å². The molecule has 1 unspecified atom stereocenters. The molecular formula is C19H18O2. The molecule has 2 heteroatoms. The van der Waals surface area contributed by atoms with E-state index in [0.717, 1.165) is 18.8 Å². The molecule has 0 fully saturated rings. The van der Waals surface area contributed by atoms with Crippen LogP contribution >= 0.6 is 0 Å². The van der Waals surface area contributed by atoms with Crippen molar-refractivity contribution in [3.05, 3.63) is 54.1 Å². The van der Waals surface area contributed by atoms with Crippen molar-refractivity contribution in [2.75, 3.05) is 13.2 Å². The zero-order valence-corrected chi connectivity index (χ0v) is 12.1. The van der Waals surface area contributed by atoms with Crippen molar-refractivity contribution in [2.24, 2.45) is 0 Å². The van der Waals surface area contributed by atoms with Gasteiger partial charge in [-0.3, -0.25) is 0 Å². The van der Waals surface area contributed by atoms with Crippen molar-refractivity contribution < 1.29 is 9.47 Å². The molecule has 0 aromatic heterocycles. The van der Waals surface area contributed by atoms with E-state index in [1.165, 1.54) is 27.1 Å². The van der Waals surface area contributed by atoms with E-state index in [9.17, 15) is 0 Å². The molecule has 0 N–H and O–H groups in total. The maximum Gasteiger partial charge on any atom is 0.130 e. The molecule has 0 aliphatic carbocycles. The summed E-state index contributed by atoms with van der Waals surface area (Å²) in [5.74, 6) is 1.04. The average molecular weight is 278 g/mol. The smallest absolute Gasteiger partial charge is 0.130 e. The van der Waals surface area contributed by atoms with Gasteiger partial charge in [0, 0.05) is 18.4 Å². The summed E-state index contributed by atoms with van der Waals surface area (Å²) in [6.45, 7) is 3.41. The number of ether oxygens (including phenoxy) is 2. The van der Waals surface area contributed by atoms with Crippen LogP contribution in [0.25, 0.3) is 21.5 Å². The zero-order chi connectivity index (χ0) is 14.2. The minimum absolute atomic E-state index is 0.181. The Morgan fingerprint density at radius 1 is 1.00 bits per heavy atom. The molecule has 3 aromatic carbocycles. The average Bonchev–Trinajstić information content (AvgIpc) is 2.54. The zero-order valence-electron chi connectivity index (χ0n) is 12.1. The van der Waals surface area contributed by atoms with Crippen molar-refractivity contribution in [3.8, 4) is 5.75 Å². The van der Waals surface area contributed by atoms with Crippen molar-refractivity contribution in [2.45, 2.75) is 19.4 Å². The van der Waals surface area contributed by atoms with Gasteiger partial charge in [0.25, 0.3) is 0 Å². The van der Waals surface area contributed by atoms with E-state index in [1.54, 1.807) is 0 Å². The van der Waals surface area contributed by atoms with Crippen LogP contribution in [0.15, 0.2) is 48.5 Å². The Bertz CT molecular complexity index is 807. The summed E-state index contributed by atoms with van der Waals surface area (Å²) in [6, 6.07) is 17.3. The topological polar surface area (TPSA) is 18.5 Å². The van der Waals surface area contributed by atoms with Crippen molar-refractivity contribution in [1.82, 2.24) is 0 Å². The van der Waals surface area contributed by atoms with Crippen LogP contribution in [0.3, 0.4) is 0 Å².